The molecule has 0 aromatic heterocycles. The van der Waals surface area contributed by atoms with Gasteiger partial charge in [-0.05, 0) is 28.8 Å². The third-order valence-corrected chi connectivity index (χ3v) is 6.40. The number of rotatable bonds is 9. The molecule has 182 valence electrons. The minimum Gasteiger partial charge on any atom is -0.502 e. The monoisotopic (exact) mass is 470 g/mol. The van der Waals surface area contributed by atoms with Crippen LogP contribution in [0.1, 0.15) is 22.7 Å². The van der Waals surface area contributed by atoms with Crippen LogP contribution in [-0.4, -0.2) is 61.8 Å². The Hall–Kier alpha value is -3.54. The zero-order valence-corrected chi connectivity index (χ0v) is 20.5. The molecule has 0 aliphatic carbocycles. The fraction of sp³-hybridized carbons (Fsp3) is 0.267. The number of hydrogen-bond acceptors (Lipinski definition) is 5. The maximum Gasteiger partial charge on any atom is 0.200 e. The molecule has 1 fully saturated rings. The Morgan fingerprint density at radius 3 is 1.86 bits per heavy atom. The Morgan fingerprint density at radius 1 is 0.800 bits per heavy atom. The molecule has 0 bridgehead atoms. The van der Waals surface area contributed by atoms with Gasteiger partial charge in [0.15, 0.2) is 11.5 Å². The van der Waals surface area contributed by atoms with Crippen molar-refractivity contribution in [2.45, 2.75) is 6.04 Å². The molecule has 1 N–H and O–H groups in total. The number of nitrogens with zero attached hydrogens (tertiary/aromatic N) is 2. The van der Waals surface area contributed by atoms with Crippen LogP contribution in [0.15, 0.2) is 91.0 Å². The Labute approximate surface area is 208 Å². The molecule has 3 aromatic rings. The van der Waals surface area contributed by atoms with Crippen LogP contribution in [0.2, 0.25) is 0 Å². The molecule has 0 unspecified atom stereocenters. The molecule has 3 aromatic carbocycles. The summed E-state index contributed by atoms with van der Waals surface area (Å²) >= 11 is 0. The van der Waals surface area contributed by atoms with Gasteiger partial charge in [0.2, 0.25) is 5.75 Å². The first-order valence-corrected chi connectivity index (χ1v) is 12.0. The highest BCUT2D eigenvalue weighted by molar-refractivity contribution is 5.62. The quantitative estimate of drug-likeness (QED) is 0.425. The van der Waals surface area contributed by atoms with Crippen LogP contribution < -0.4 is 9.47 Å². The number of allylic oxidation sites excluding steroid dienone is 2. The summed E-state index contributed by atoms with van der Waals surface area (Å²) in [5.74, 6) is 0.814. The summed E-state index contributed by atoms with van der Waals surface area (Å²) < 4.78 is 10.4. The molecule has 0 saturated carbocycles. The molecule has 0 atom stereocenters. The first-order chi connectivity index (χ1) is 17.2. The lowest BCUT2D eigenvalue weighted by molar-refractivity contribution is 0.117. The lowest BCUT2D eigenvalue weighted by Crippen LogP contribution is -2.47. The smallest absolute Gasteiger partial charge is 0.200 e. The van der Waals surface area contributed by atoms with E-state index in [0.29, 0.717) is 11.5 Å². The summed E-state index contributed by atoms with van der Waals surface area (Å²) in [5, 5.41) is 10.1. The molecular weight excluding hydrogens is 436 g/mol. The molecule has 0 amide bonds. The molecule has 0 radical (unpaired) electrons. The van der Waals surface area contributed by atoms with Crippen molar-refractivity contribution in [2.75, 3.05) is 46.9 Å². The van der Waals surface area contributed by atoms with E-state index < -0.39 is 0 Å². The van der Waals surface area contributed by atoms with E-state index in [-0.39, 0.29) is 11.8 Å². The number of phenolic OH excluding ortho intramolecular Hbond substituents is 1. The number of hydrogen-bond donors (Lipinski definition) is 1. The number of ether oxygens (including phenoxy) is 2. The van der Waals surface area contributed by atoms with Crippen molar-refractivity contribution >= 4 is 6.08 Å². The van der Waals surface area contributed by atoms with Gasteiger partial charge in [0.05, 0.1) is 20.3 Å². The van der Waals surface area contributed by atoms with Crippen LogP contribution in [0.25, 0.3) is 6.08 Å². The molecule has 1 heterocycles. The van der Waals surface area contributed by atoms with E-state index in [9.17, 15) is 5.11 Å². The summed E-state index contributed by atoms with van der Waals surface area (Å²) in [6.45, 7) is 5.06. The number of aromatic hydroxyl groups is 1. The van der Waals surface area contributed by atoms with Crippen molar-refractivity contribution in [1.82, 2.24) is 9.80 Å². The van der Waals surface area contributed by atoms with E-state index in [1.54, 1.807) is 12.1 Å². The Bertz CT molecular complexity index is 1060. The normalized spacial score (nSPS) is 15.3. The molecule has 0 spiro atoms. The highest BCUT2D eigenvalue weighted by Gasteiger charge is 2.25. The highest BCUT2D eigenvalue weighted by atomic mass is 16.5. The van der Waals surface area contributed by atoms with Crippen LogP contribution >= 0.6 is 0 Å². The third kappa shape index (κ3) is 6.32. The van der Waals surface area contributed by atoms with Gasteiger partial charge in [0.25, 0.3) is 0 Å². The standard InChI is InChI=1S/C30H34N2O3/c1-34-27-22-24(23-28(35-2)30(27)33)12-6-5-11-17-31-18-20-32(21-19-31)29(25-13-7-3-8-14-25)26-15-9-4-10-16-26/h3-16,22-23,29,33H,17-21H2,1-2H3/b11-5+,12-6+. The van der Waals surface area contributed by atoms with Gasteiger partial charge in [-0.3, -0.25) is 9.80 Å². The summed E-state index contributed by atoms with van der Waals surface area (Å²) in [6.07, 6.45) is 8.23. The molecule has 35 heavy (non-hydrogen) atoms. The van der Waals surface area contributed by atoms with E-state index in [2.05, 4.69) is 82.6 Å². The largest absolute Gasteiger partial charge is 0.502 e. The second-order valence-electron chi connectivity index (χ2n) is 8.62. The zero-order valence-electron chi connectivity index (χ0n) is 20.5. The van der Waals surface area contributed by atoms with Crippen LogP contribution in [0.4, 0.5) is 0 Å². The molecule has 5 heteroatoms. The first-order valence-electron chi connectivity index (χ1n) is 12.0. The van der Waals surface area contributed by atoms with Gasteiger partial charge in [0, 0.05) is 32.7 Å². The number of piperazine rings is 1. The minimum absolute atomic E-state index is 0.0172. The van der Waals surface area contributed by atoms with E-state index >= 15 is 0 Å². The average molecular weight is 471 g/mol. The van der Waals surface area contributed by atoms with Crippen LogP contribution in [0, 0.1) is 0 Å². The van der Waals surface area contributed by atoms with Crippen LogP contribution in [0.5, 0.6) is 17.2 Å². The maximum absolute atomic E-state index is 10.1. The van der Waals surface area contributed by atoms with Crippen molar-refractivity contribution < 1.29 is 14.6 Å². The van der Waals surface area contributed by atoms with Gasteiger partial charge >= 0.3 is 0 Å². The van der Waals surface area contributed by atoms with Crippen molar-refractivity contribution in [2.24, 2.45) is 0 Å². The fourth-order valence-corrected chi connectivity index (χ4v) is 4.55. The maximum atomic E-state index is 10.1. The van der Waals surface area contributed by atoms with Crippen molar-refractivity contribution in [3.8, 4) is 17.2 Å². The SMILES string of the molecule is COc1cc(/C=C/C=C/CN2CCN(C(c3ccccc3)c3ccccc3)CC2)cc(OC)c1O. The predicted molar refractivity (Wildman–Crippen MR) is 142 cm³/mol. The number of phenols is 1. The lowest BCUT2D eigenvalue weighted by Gasteiger charge is -2.39. The van der Waals surface area contributed by atoms with Crippen molar-refractivity contribution in [1.29, 1.82) is 0 Å². The summed E-state index contributed by atoms with van der Waals surface area (Å²) in [4.78, 5) is 5.08. The second-order valence-corrected chi connectivity index (χ2v) is 8.62. The van der Waals surface area contributed by atoms with Gasteiger partial charge in [-0.1, -0.05) is 85.0 Å². The zero-order chi connectivity index (χ0) is 24.5. The number of methoxy groups -OCH3 is 2. The molecule has 5 nitrogen and oxygen atoms in total. The van der Waals surface area contributed by atoms with Gasteiger partial charge < -0.3 is 14.6 Å². The van der Waals surface area contributed by atoms with Gasteiger partial charge in [-0.2, -0.15) is 0 Å². The second kappa shape index (κ2) is 12.2. The fourth-order valence-electron chi connectivity index (χ4n) is 4.55. The molecule has 1 aliphatic heterocycles. The minimum atomic E-state index is 0.0172. The molecule has 1 saturated heterocycles. The van der Waals surface area contributed by atoms with E-state index in [4.69, 9.17) is 9.47 Å². The summed E-state index contributed by atoms with van der Waals surface area (Å²) in [5.41, 5.74) is 3.60. The average Bonchev–Trinajstić information content (AvgIpc) is 2.91. The van der Waals surface area contributed by atoms with Crippen LogP contribution in [-0.2, 0) is 0 Å². The Kier molecular flexibility index (Phi) is 8.60. The molecular formula is C30H34N2O3. The van der Waals surface area contributed by atoms with E-state index in [1.165, 1.54) is 25.3 Å². The van der Waals surface area contributed by atoms with Crippen LogP contribution in [0.3, 0.4) is 0 Å². The molecule has 1 aliphatic rings. The summed E-state index contributed by atoms with van der Waals surface area (Å²) in [6, 6.07) is 25.5. The third-order valence-electron chi connectivity index (χ3n) is 6.40. The van der Waals surface area contributed by atoms with E-state index in [0.717, 1.165) is 38.3 Å². The predicted octanol–water partition coefficient (Wildman–Crippen LogP) is 5.39. The van der Waals surface area contributed by atoms with Gasteiger partial charge in [-0.15, -0.1) is 0 Å². The summed E-state index contributed by atoms with van der Waals surface area (Å²) in [7, 11) is 3.06. The van der Waals surface area contributed by atoms with Gasteiger partial charge in [0.1, 0.15) is 0 Å². The molecule has 4 rings (SSSR count). The van der Waals surface area contributed by atoms with Crippen molar-refractivity contribution in [3.05, 3.63) is 108 Å². The number of benzene rings is 3. The Morgan fingerprint density at radius 2 is 1.34 bits per heavy atom. The first kappa shape index (κ1) is 24.6. The van der Waals surface area contributed by atoms with Crippen molar-refractivity contribution in [3.63, 3.8) is 0 Å². The topological polar surface area (TPSA) is 45.2 Å². The van der Waals surface area contributed by atoms with Gasteiger partial charge in [-0.25, -0.2) is 0 Å². The lowest BCUT2D eigenvalue weighted by atomic mass is 9.96. The highest BCUT2D eigenvalue weighted by Crippen LogP contribution is 2.37. The van der Waals surface area contributed by atoms with E-state index in [1.807, 2.05) is 12.2 Å². The Balaban J connectivity index is 1.33.